The van der Waals surface area contributed by atoms with Crippen LogP contribution >= 0.6 is 23.8 Å². The summed E-state index contributed by atoms with van der Waals surface area (Å²) >= 11 is 11.1. The number of hydrogen-bond acceptors (Lipinski definition) is 2. The zero-order valence-corrected chi connectivity index (χ0v) is 15.1. The highest BCUT2D eigenvalue weighted by Gasteiger charge is 2.27. The van der Waals surface area contributed by atoms with Gasteiger partial charge >= 0.3 is 0 Å². The van der Waals surface area contributed by atoms with E-state index in [1.807, 2.05) is 12.1 Å². The molecule has 1 aromatic rings. The van der Waals surface area contributed by atoms with Crippen LogP contribution in [0.2, 0.25) is 5.02 Å². The molecule has 3 N–H and O–H groups in total. The van der Waals surface area contributed by atoms with Crippen molar-refractivity contribution in [3.05, 3.63) is 34.9 Å². The van der Waals surface area contributed by atoms with Gasteiger partial charge in [0.25, 0.3) is 0 Å². The monoisotopic (exact) mass is 353 g/mol. The van der Waals surface area contributed by atoms with Crippen LogP contribution in [0.15, 0.2) is 24.3 Å². The second-order valence-corrected chi connectivity index (χ2v) is 7.17. The van der Waals surface area contributed by atoms with E-state index in [1.165, 1.54) is 12.8 Å². The molecule has 0 unspecified atom stereocenters. The maximum absolute atomic E-state index is 11.9. The molecule has 0 bridgehead atoms. The van der Waals surface area contributed by atoms with Crippen LogP contribution in [0, 0.1) is 11.8 Å². The van der Waals surface area contributed by atoms with Gasteiger partial charge in [0.05, 0.1) is 6.42 Å². The molecule has 1 aromatic carbocycles. The molecule has 0 aromatic heterocycles. The van der Waals surface area contributed by atoms with Crippen molar-refractivity contribution in [3.63, 3.8) is 0 Å². The number of carbonyl (C=O) groups is 1. The molecule has 6 heteroatoms. The van der Waals surface area contributed by atoms with E-state index in [1.54, 1.807) is 12.1 Å². The van der Waals surface area contributed by atoms with Crippen LogP contribution in [0.3, 0.4) is 0 Å². The van der Waals surface area contributed by atoms with E-state index >= 15 is 0 Å². The lowest BCUT2D eigenvalue weighted by Gasteiger charge is -2.35. The molecule has 0 spiro atoms. The van der Waals surface area contributed by atoms with Crippen molar-refractivity contribution in [1.29, 1.82) is 0 Å². The van der Waals surface area contributed by atoms with Crippen molar-refractivity contribution in [3.8, 4) is 0 Å². The molecule has 3 atom stereocenters. The molecule has 1 fully saturated rings. The predicted molar refractivity (Wildman–Crippen MR) is 98.1 cm³/mol. The van der Waals surface area contributed by atoms with E-state index in [9.17, 15) is 4.79 Å². The third kappa shape index (κ3) is 5.66. The van der Waals surface area contributed by atoms with Gasteiger partial charge in [-0.1, -0.05) is 50.4 Å². The molecular formula is C17H24ClN3OS. The van der Waals surface area contributed by atoms with Gasteiger partial charge in [0, 0.05) is 11.1 Å². The molecule has 23 heavy (non-hydrogen) atoms. The summed E-state index contributed by atoms with van der Waals surface area (Å²) in [5.41, 5.74) is 6.33. The number of rotatable bonds is 3. The first-order chi connectivity index (χ1) is 11.0. The Morgan fingerprint density at radius 2 is 1.91 bits per heavy atom. The summed E-state index contributed by atoms with van der Waals surface area (Å²) in [5.74, 6) is 1.14. The van der Waals surface area contributed by atoms with Crippen LogP contribution < -0.4 is 16.2 Å². The van der Waals surface area contributed by atoms with Crippen LogP contribution in [0.5, 0.6) is 0 Å². The molecule has 0 saturated heterocycles. The Labute approximate surface area is 148 Å². The van der Waals surface area contributed by atoms with E-state index < -0.39 is 0 Å². The Balaban J connectivity index is 1.73. The van der Waals surface area contributed by atoms with Crippen molar-refractivity contribution < 1.29 is 4.79 Å². The summed E-state index contributed by atoms with van der Waals surface area (Å²) in [6.45, 7) is 4.53. The maximum atomic E-state index is 11.9. The largest absolute Gasteiger partial charge is 0.358 e. The fourth-order valence-corrected chi connectivity index (χ4v) is 3.28. The first-order valence-electron chi connectivity index (χ1n) is 8.05. The van der Waals surface area contributed by atoms with Crippen molar-refractivity contribution in [2.24, 2.45) is 11.8 Å². The van der Waals surface area contributed by atoms with Crippen LogP contribution in [0.1, 0.15) is 38.7 Å². The van der Waals surface area contributed by atoms with Crippen LogP contribution in [-0.4, -0.2) is 17.1 Å². The van der Waals surface area contributed by atoms with Gasteiger partial charge in [-0.25, -0.2) is 0 Å². The highest BCUT2D eigenvalue weighted by atomic mass is 35.5. The molecule has 0 heterocycles. The van der Waals surface area contributed by atoms with Gasteiger partial charge in [-0.2, -0.15) is 0 Å². The van der Waals surface area contributed by atoms with E-state index in [0.717, 1.165) is 12.0 Å². The summed E-state index contributed by atoms with van der Waals surface area (Å²) in [5, 5.41) is 4.45. The summed E-state index contributed by atoms with van der Waals surface area (Å²) in [6, 6.07) is 7.59. The first kappa shape index (κ1) is 18.0. The lowest BCUT2D eigenvalue weighted by atomic mass is 9.78. The number of hydrogen-bond donors (Lipinski definition) is 3. The third-order valence-corrected chi connectivity index (χ3v) is 5.09. The zero-order chi connectivity index (χ0) is 16.8. The van der Waals surface area contributed by atoms with E-state index in [0.29, 0.717) is 28.0 Å². The fourth-order valence-electron chi connectivity index (χ4n) is 2.95. The van der Waals surface area contributed by atoms with Crippen molar-refractivity contribution in [2.45, 2.75) is 45.6 Å². The maximum Gasteiger partial charge on any atom is 0.242 e. The molecular weight excluding hydrogens is 330 g/mol. The first-order valence-corrected chi connectivity index (χ1v) is 8.84. The highest BCUT2D eigenvalue weighted by molar-refractivity contribution is 7.80. The molecule has 0 radical (unpaired) electrons. The minimum atomic E-state index is -0.137. The second kappa shape index (κ2) is 8.50. The lowest BCUT2D eigenvalue weighted by Crippen LogP contribution is -2.52. The molecule has 1 aliphatic carbocycles. The molecule has 4 nitrogen and oxygen atoms in total. The highest BCUT2D eigenvalue weighted by Crippen LogP contribution is 2.29. The number of amides is 1. The Bertz CT molecular complexity index is 549. The van der Waals surface area contributed by atoms with Crippen molar-refractivity contribution in [2.75, 3.05) is 0 Å². The third-order valence-electron chi connectivity index (χ3n) is 4.62. The standard InChI is InChI=1S/C17H24ClN3OS/c1-11-4-3-5-15(12(11)2)19-17(23)21-20-16(22)10-13-6-8-14(18)9-7-13/h6-9,11-12,15H,3-5,10H2,1-2H3,(H,20,22)(H2,19,21,23)/t11-,12+,15-/m0/s1. The van der Waals surface area contributed by atoms with Crippen LogP contribution in [0.25, 0.3) is 0 Å². The van der Waals surface area contributed by atoms with Gasteiger partial charge in [-0.05, 0) is 48.2 Å². The quantitative estimate of drug-likeness (QED) is 0.577. The Morgan fingerprint density at radius 3 is 2.61 bits per heavy atom. The Kier molecular flexibility index (Phi) is 6.66. The average molecular weight is 354 g/mol. The number of nitrogens with one attached hydrogen (secondary N) is 3. The Hall–Kier alpha value is -1.33. The van der Waals surface area contributed by atoms with Crippen molar-refractivity contribution in [1.82, 2.24) is 16.2 Å². The topological polar surface area (TPSA) is 53.2 Å². The normalized spacial score (nSPS) is 23.9. The summed E-state index contributed by atoms with van der Waals surface area (Å²) in [4.78, 5) is 11.9. The number of halogens is 1. The number of benzene rings is 1. The van der Waals surface area contributed by atoms with Gasteiger partial charge in [0.15, 0.2) is 5.11 Å². The minimum absolute atomic E-state index is 0.137. The molecule has 1 amide bonds. The molecule has 1 aliphatic rings. The van der Waals surface area contributed by atoms with Gasteiger partial charge < -0.3 is 5.32 Å². The molecule has 2 rings (SSSR count). The molecule has 126 valence electrons. The second-order valence-electron chi connectivity index (χ2n) is 6.32. The SMILES string of the molecule is C[C@H]1[C@@H](NC(=S)NNC(=O)Cc2ccc(Cl)cc2)CCC[C@@H]1C. The molecule has 1 saturated carbocycles. The summed E-state index contributed by atoms with van der Waals surface area (Å²) < 4.78 is 0. The summed E-state index contributed by atoms with van der Waals surface area (Å²) in [7, 11) is 0. The van der Waals surface area contributed by atoms with Crippen LogP contribution in [0.4, 0.5) is 0 Å². The number of carbonyl (C=O) groups excluding carboxylic acids is 1. The fraction of sp³-hybridized carbons (Fsp3) is 0.529. The van der Waals surface area contributed by atoms with Gasteiger partial charge in [-0.3, -0.25) is 15.6 Å². The minimum Gasteiger partial charge on any atom is -0.358 e. The number of thiocarbonyl (C=S) groups is 1. The van der Waals surface area contributed by atoms with E-state index in [-0.39, 0.29) is 12.3 Å². The Morgan fingerprint density at radius 1 is 1.22 bits per heavy atom. The van der Waals surface area contributed by atoms with Gasteiger partial charge in [0.1, 0.15) is 0 Å². The molecule has 0 aliphatic heterocycles. The van der Waals surface area contributed by atoms with E-state index in [4.69, 9.17) is 23.8 Å². The van der Waals surface area contributed by atoms with Gasteiger partial charge in [0.2, 0.25) is 5.91 Å². The zero-order valence-electron chi connectivity index (χ0n) is 13.6. The average Bonchev–Trinajstić information content (AvgIpc) is 2.52. The van der Waals surface area contributed by atoms with Crippen molar-refractivity contribution >= 4 is 34.8 Å². The van der Waals surface area contributed by atoms with Gasteiger partial charge in [-0.15, -0.1) is 0 Å². The van der Waals surface area contributed by atoms with E-state index in [2.05, 4.69) is 30.0 Å². The lowest BCUT2D eigenvalue weighted by molar-refractivity contribution is -0.121. The smallest absolute Gasteiger partial charge is 0.242 e. The number of hydrazine groups is 1. The van der Waals surface area contributed by atoms with Crippen LogP contribution in [-0.2, 0) is 11.2 Å². The predicted octanol–water partition coefficient (Wildman–Crippen LogP) is 3.20. The summed E-state index contributed by atoms with van der Waals surface area (Å²) in [6.07, 6.45) is 3.89.